The normalized spacial score (nSPS) is 13.1. The first-order chi connectivity index (χ1) is 28.6. The van der Waals surface area contributed by atoms with Crippen LogP contribution >= 0.6 is 0 Å². The molecule has 3 aromatic heterocycles. The third-order valence-electron chi connectivity index (χ3n) is 10.9. The van der Waals surface area contributed by atoms with Crippen molar-refractivity contribution >= 4 is 46.2 Å². The molecule has 0 aliphatic heterocycles. The van der Waals surface area contributed by atoms with E-state index in [1.165, 1.54) is 22.4 Å². The Kier molecular flexibility index (Phi) is 12.2. The Morgan fingerprint density at radius 2 is 1.42 bits per heavy atom. The summed E-state index contributed by atoms with van der Waals surface area (Å²) in [5, 5.41) is 3.29. The van der Waals surface area contributed by atoms with Crippen molar-refractivity contribution in [2.75, 3.05) is 0 Å². The number of fused-ring (bicyclic) bond motifs is 4. The molecule has 0 saturated heterocycles. The molecule has 0 bridgehead atoms. The molecule has 6 heteroatoms. The van der Waals surface area contributed by atoms with Gasteiger partial charge in [0.25, 0.3) is 0 Å². The van der Waals surface area contributed by atoms with E-state index in [0.717, 1.165) is 66.4 Å². The number of imidazole rings is 1. The van der Waals surface area contributed by atoms with Gasteiger partial charge in [0.05, 0.1) is 30.5 Å². The Balaban J connectivity index is 0.000000210. The second-order valence-electron chi connectivity index (χ2n) is 19.5. The van der Waals surface area contributed by atoms with Crippen LogP contribution in [0.2, 0.25) is 19.6 Å². The predicted molar refractivity (Wildman–Crippen MR) is 254 cm³/mol. The van der Waals surface area contributed by atoms with Gasteiger partial charge in [-0.2, -0.15) is 0 Å². The second-order valence-corrected chi connectivity index (χ2v) is 24.6. The van der Waals surface area contributed by atoms with Crippen LogP contribution in [0.25, 0.3) is 61.3 Å². The van der Waals surface area contributed by atoms with E-state index in [4.69, 9.17) is 17.1 Å². The van der Waals surface area contributed by atoms with Crippen LogP contribution in [0, 0.1) is 17.5 Å². The molecule has 3 heterocycles. The molecule has 4 nitrogen and oxygen atoms in total. The first kappa shape index (κ1) is 42.1. The predicted octanol–water partition coefficient (Wildman–Crippen LogP) is 14.6. The van der Waals surface area contributed by atoms with E-state index < -0.39 is 19.9 Å². The number of benzene rings is 5. The Morgan fingerprint density at radius 3 is 2.07 bits per heavy atom. The molecule has 313 valence electrons. The van der Waals surface area contributed by atoms with Gasteiger partial charge in [0.15, 0.2) is 0 Å². The summed E-state index contributed by atoms with van der Waals surface area (Å²) in [6, 6.07) is 42.2. The average Bonchev–Trinajstić information content (AvgIpc) is 3.78. The zero-order valence-corrected chi connectivity index (χ0v) is 41.0. The molecule has 0 amide bonds. The van der Waals surface area contributed by atoms with Gasteiger partial charge < -0.3 is 14.0 Å². The van der Waals surface area contributed by atoms with Crippen LogP contribution in [0.15, 0.2) is 114 Å². The summed E-state index contributed by atoms with van der Waals surface area (Å²) in [6.45, 7) is 28.2. The molecule has 0 aliphatic carbocycles. The van der Waals surface area contributed by atoms with Crippen molar-refractivity contribution in [2.24, 2.45) is 5.41 Å². The van der Waals surface area contributed by atoms with Gasteiger partial charge in [0.1, 0.15) is 5.58 Å². The number of hydrogen-bond donors (Lipinski definition) is 0. The first-order valence-corrected chi connectivity index (χ1v) is 24.6. The summed E-state index contributed by atoms with van der Waals surface area (Å²) in [5.74, 6) is 1.60. The zero-order valence-electron chi connectivity index (χ0n) is 39.6. The van der Waals surface area contributed by atoms with Crippen LogP contribution in [0.4, 0.5) is 0 Å². The Labute approximate surface area is 376 Å². The first-order valence-electron chi connectivity index (χ1n) is 22.1. The minimum atomic E-state index is -1.74. The third-order valence-corrected chi connectivity index (χ3v) is 12.9. The van der Waals surface area contributed by atoms with Crippen molar-refractivity contribution < 1.29 is 27.3 Å². The van der Waals surface area contributed by atoms with Crippen LogP contribution in [0.3, 0.4) is 0 Å². The average molecular weight is 990 g/mol. The monoisotopic (exact) mass is 990 g/mol. The molecular weight excluding hydrogens is 927 g/mol. The van der Waals surface area contributed by atoms with E-state index in [-0.39, 0.29) is 25.5 Å². The van der Waals surface area contributed by atoms with Gasteiger partial charge in [-0.3, -0.25) is 4.98 Å². The molecule has 1 radical (unpaired) electrons. The van der Waals surface area contributed by atoms with Gasteiger partial charge in [0.2, 0.25) is 0 Å². The number of furan rings is 1. The van der Waals surface area contributed by atoms with Crippen molar-refractivity contribution in [2.45, 2.75) is 113 Å². The van der Waals surface area contributed by atoms with Crippen molar-refractivity contribution in [3.05, 3.63) is 144 Å². The van der Waals surface area contributed by atoms with Gasteiger partial charge in [0, 0.05) is 40.1 Å². The molecule has 0 unspecified atom stereocenters. The van der Waals surface area contributed by atoms with E-state index in [1.54, 1.807) is 0 Å². The molecule has 0 aliphatic rings. The molecule has 0 saturated carbocycles. The maximum atomic E-state index is 8.89. The Bertz CT molecular complexity index is 2840. The summed E-state index contributed by atoms with van der Waals surface area (Å²) >= 11 is 0. The SMILES string of the molecule is CC(C)c1cccc(C(C)C)c1-n1c(-c2[c-]ccc3c2oc2ccccc23)nc2ccccc21.[2H]C([2H])(c1cc(-c2[c-]ccc(C(C)(C)C)c2)ncc1[Si](C)(C)C)C(C)(C)C.[Ir]. The van der Waals surface area contributed by atoms with Crippen LogP contribution in [0.1, 0.15) is 106 Å². The Hall–Kier alpha value is -4.61. The maximum Gasteiger partial charge on any atom is 0.120 e. The summed E-state index contributed by atoms with van der Waals surface area (Å²) in [4.78, 5) is 9.88. The van der Waals surface area contributed by atoms with E-state index in [1.807, 2.05) is 63.4 Å². The molecule has 8 aromatic rings. The molecule has 0 atom stereocenters. The van der Waals surface area contributed by atoms with Crippen molar-refractivity contribution in [1.29, 1.82) is 0 Å². The van der Waals surface area contributed by atoms with Crippen LogP contribution in [-0.2, 0) is 31.9 Å². The smallest absolute Gasteiger partial charge is 0.120 e. The van der Waals surface area contributed by atoms with Gasteiger partial charge in [-0.05, 0) is 69.2 Å². The number of para-hydroxylation sites is 4. The fourth-order valence-electron chi connectivity index (χ4n) is 7.84. The second kappa shape index (κ2) is 17.4. The van der Waals surface area contributed by atoms with E-state index >= 15 is 0 Å². The molecular formula is C54H61IrN3OSi-2. The molecule has 8 rings (SSSR count). The number of aromatic nitrogens is 3. The fraction of sp³-hybridized carbons (Fsp3) is 0.333. The number of nitrogens with zero attached hydrogens (tertiary/aromatic N) is 3. The summed E-state index contributed by atoms with van der Waals surface area (Å²) < 4.78 is 26.5. The molecule has 5 aromatic carbocycles. The van der Waals surface area contributed by atoms with Crippen LogP contribution in [-0.4, -0.2) is 22.6 Å². The van der Waals surface area contributed by atoms with E-state index in [2.05, 4.69) is 152 Å². The van der Waals surface area contributed by atoms with Gasteiger partial charge >= 0.3 is 0 Å². The summed E-state index contributed by atoms with van der Waals surface area (Å²) in [6.07, 6.45) is 0.472. The fourth-order valence-corrected chi connectivity index (χ4v) is 9.23. The maximum absolute atomic E-state index is 8.89. The molecule has 0 N–H and O–H groups in total. The minimum Gasteiger partial charge on any atom is -0.501 e. The minimum absolute atomic E-state index is 0. The van der Waals surface area contributed by atoms with Crippen LogP contribution in [0.5, 0.6) is 0 Å². The topological polar surface area (TPSA) is 43.9 Å². The standard InChI is InChI=1S/C31H27N2O.C23H34NSi.Ir/c1-19(2)21-12-9-13-22(20(3)4)29(21)33-27-17-7-6-16-26(27)32-31(33)25-15-10-14-24-23-11-5-8-18-28(23)34-30(24)25;1-22(2,3)15-18-14-20(24-16-21(18)25(7,8)9)17-11-10-12-19(13-17)23(4,5)6;/h5-14,16-20H,1-4H3;10,12-14,16H,15H2,1-9H3;/q2*-1;/i;15D2;. The summed E-state index contributed by atoms with van der Waals surface area (Å²) in [7, 11) is -1.74. The van der Waals surface area contributed by atoms with Gasteiger partial charge in [-0.25, -0.2) is 0 Å². The van der Waals surface area contributed by atoms with E-state index in [0.29, 0.717) is 11.8 Å². The number of rotatable bonds is 7. The largest absolute Gasteiger partial charge is 0.501 e. The summed E-state index contributed by atoms with van der Waals surface area (Å²) in [5.41, 5.74) is 11.8. The van der Waals surface area contributed by atoms with Crippen molar-refractivity contribution in [3.63, 3.8) is 0 Å². The molecule has 0 fully saturated rings. The molecule has 60 heavy (non-hydrogen) atoms. The quantitative estimate of drug-likeness (QED) is 0.118. The van der Waals surface area contributed by atoms with Crippen molar-refractivity contribution in [1.82, 2.24) is 14.5 Å². The zero-order chi connectivity index (χ0) is 44.2. The van der Waals surface area contributed by atoms with Crippen molar-refractivity contribution in [3.8, 4) is 28.3 Å². The third kappa shape index (κ3) is 9.32. The van der Waals surface area contributed by atoms with Gasteiger partial charge in [-0.1, -0.05) is 160 Å². The number of hydrogen-bond acceptors (Lipinski definition) is 3. The Morgan fingerprint density at radius 1 is 0.767 bits per heavy atom. The van der Waals surface area contributed by atoms with Crippen LogP contribution < -0.4 is 5.19 Å². The number of pyridine rings is 1. The van der Waals surface area contributed by atoms with E-state index in [9.17, 15) is 0 Å². The molecule has 0 spiro atoms. The van der Waals surface area contributed by atoms with Gasteiger partial charge in [-0.15, -0.1) is 53.6 Å².